The topological polar surface area (TPSA) is 83.8 Å². The summed E-state index contributed by atoms with van der Waals surface area (Å²) in [5, 5.41) is 18.5. The molecule has 1 saturated carbocycles. The summed E-state index contributed by atoms with van der Waals surface area (Å²) >= 11 is 0. The van der Waals surface area contributed by atoms with Crippen LogP contribution in [-0.2, 0) is 14.3 Å². The van der Waals surface area contributed by atoms with Crippen LogP contribution in [0, 0.1) is 11.8 Å². The molecule has 0 aromatic heterocycles. The lowest BCUT2D eigenvalue weighted by Gasteiger charge is -2.35. The number of rotatable bonds is 2. The summed E-state index contributed by atoms with van der Waals surface area (Å²) in [6, 6.07) is 0. The van der Waals surface area contributed by atoms with Crippen molar-refractivity contribution in [1.29, 1.82) is 0 Å². The predicted molar refractivity (Wildman–Crippen MR) is 51.1 cm³/mol. The minimum absolute atomic E-state index is 0.204. The Balaban J connectivity index is 2.68. The average molecular weight is 216 g/mol. The zero-order valence-electron chi connectivity index (χ0n) is 8.84. The van der Waals surface area contributed by atoms with Crippen LogP contribution >= 0.6 is 0 Å². The van der Waals surface area contributed by atoms with Crippen LogP contribution in [0.3, 0.4) is 0 Å². The third-order valence-electron chi connectivity index (χ3n) is 2.90. The molecule has 0 aromatic carbocycles. The molecule has 5 heteroatoms. The highest BCUT2D eigenvalue weighted by atomic mass is 16.5. The van der Waals surface area contributed by atoms with Crippen molar-refractivity contribution < 1.29 is 24.5 Å². The Hall–Kier alpha value is -1.10. The fourth-order valence-corrected chi connectivity index (χ4v) is 1.92. The van der Waals surface area contributed by atoms with E-state index in [0.717, 1.165) is 0 Å². The number of carboxylic acid groups (broad SMARTS) is 1. The van der Waals surface area contributed by atoms with E-state index in [0.29, 0.717) is 0 Å². The fourth-order valence-electron chi connectivity index (χ4n) is 1.92. The summed E-state index contributed by atoms with van der Waals surface area (Å²) in [5.74, 6) is -2.21. The van der Waals surface area contributed by atoms with Crippen LogP contribution < -0.4 is 0 Å². The van der Waals surface area contributed by atoms with Crippen LogP contribution in [0.2, 0.25) is 0 Å². The molecule has 15 heavy (non-hydrogen) atoms. The average Bonchev–Trinajstić information content (AvgIpc) is 2.11. The summed E-state index contributed by atoms with van der Waals surface area (Å²) in [6.07, 6.45) is -0.696. The van der Waals surface area contributed by atoms with E-state index in [1.807, 2.05) is 0 Å². The Morgan fingerprint density at radius 2 is 1.93 bits per heavy atom. The van der Waals surface area contributed by atoms with Crippen molar-refractivity contribution in [3.63, 3.8) is 0 Å². The quantitative estimate of drug-likeness (QED) is 0.653. The number of aliphatic carboxylic acids is 1. The molecule has 0 spiro atoms. The molecular formula is C10H16O5. The number of aliphatic hydroxyl groups is 1. The molecule has 1 fully saturated rings. The third-order valence-corrected chi connectivity index (χ3v) is 2.90. The van der Waals surface area contributed by atoms with Gasteiger partial charge in [0.15, 0.2) is 0 Å². The number of ether oxygens (including phenoxy) is 1. The monoisotopic (exact) mass is 216 g/mol. The Bertz CT molecular complexity index is 263. The highest BCUT2D eigenvalue weighted by molar-refractivity contribution is 5.70. The van der Waals surface area contributed by atoms with Gasteiger partial charge in [-0.05, 0) is 12.8 Å². The van der Waals surface area contributed by atoms with Gasteiger partial charge in [-0.1, -0.05) is 6.92 Å². The van der Waals surface area contributed by atoms with Gasteiger partial charge in [0.05, 0.1) is 12.0 Å². The normalized spacial score (nSPS) is 35.9. The molecule has 0 saturated heterocycles. The van der Waals surface area contributed by atoms with Gasteiger partial charge in [0.25, 0.3) is 0 Å². The van der Waals surface area contributed by atoms with Gasteiger partial charge in [0.2, 0.25) is 0 Å². The van der Waals surface area contributed by atoms with Crippen LogP contribution in [0.4, 0.5) is 0 Å². The van der Waals surface area contributed by atoms with Gasteiger partial charge >= 0.3 is 11.9 Å². The van der Waals surface area contributed by atoms with Gasteiger partial charge in [-0.25, -0.2) is 0 Å². The Morgan fingerprint density at radius 1 is 1.33 bits per heavy atom. The second kappa shape index (κ2) is 4.61. The van der Waals surface area contributed by atoms with Crippen LogP contribution in [0.5, 0.6) is 0 Å². The van der Waals surface area contributed by atoms with Crippen molar-refractivity contribution in [3.05, 3.63) is 0 Å². The zero-order chi connectivity index (χ0) is 11.6. The van der Waals surface area contributed by atoms with E-state index in [1.165, 1.54) is 6.92 Å². The van der Waals surface area contributed by atoms with Gasteiger partial charge in [0, 0.05) is 12.8 Å². The van der Waals surface area contributed by atoms with Gasteiger partial charge in [-0.3, -0.25) is 9.59 Å². The van der Waals surface area contributed by atoms with Crippen LogP contribution in [0.25, 0.3) is 0 Å². The van der Waals surface area contributed by atoms with Gasteiger partial charge in [-0.15, -0.1) is 0 Å². The first kappa shape index (κ1) is 12.0. The van der Waals surface area contributed by atoms with Gasteiger partial charge in [0.1, 0.15) is 6.10 Å². The standard InChI is InChI=1S/C10H16O5/c1-5-8(12)3-7(10(13)14)4-9(5)15-6(2)11/h5,7-9,12H,3-4H2,1-2H3,(H,13,14)/t5-,7+,8+,9-/m1/s1. The highest BCUT2D eigenvalue weighted by Gasteiger charge is 2.38. The van der Waals surface area contributed by atoms with E-state index in [-0.39, 0.29) is 18.8 Å². The van der Waals surface area contributed by atoms with E-state index in [2.05, 4.69) is 0 Å². The van der Waals surface area contributed by atoms with Crippen molar-refractivity contribution in [2.45, 2.75) is 38.9 Å². The summed E-state index contributed by atoms with van der Waals surface area (Å²) in [4.78, 5) is 21.6. The zero-order valence-corrected chi connectivity index (χ0v) is 8.84. The molecule has 0 aromatic rings. The lowest BCUT2D eigenvalue weighted by molar-refractivity contribution is -0.162. The molecule has 2 N–H and O–H groups in total. The molecule has 0 heterocycles. The number of carbonyl (C=O) groups is 2. The number of carbonyl (C=O) groups excluding carboxylic acids is 1. The maximum absolute atomic E-state index is 10.8. The highest BCUT2D eigenvalue weighted by Crippen LogP contribution is 2.31. The maximum atomic E-state index is 10.8. The first-order valence-electron chi connectivity index (χ1n) is 5.00. The van der Waals surface area contributed by atoms with E-state index in [1.54, 1.807) is 6.92 Å². The smallest absolute Gasteiger partial charge is 0.306 e. The van der Waals surface area contributed by atoms with Crippen molar-refractivity contribution in [3.8, 4) is 0 Å². The Labute approximate surface area is 88.0 Å². The number of aliphatic hydroxyl groups excluding tert-OH is 1. The number of hydrogen-bond acceptors (Lipinski definition) is 4. The van der Waals surface area contributed by atoms with E-state index in [9.17, 15) is 14.7 Å². The maximum Gasteiger partial charge on any atom is 0.306 e. The molecule has 1 aliphatic rings. The second-order valence-corrected chi connectivity index (χ2v) is 4.08. The molecule has 0 amide bonds. The summed E-state index contributed by atoms with van der Waals surface area (Å²) in [5.41, 5.74) is 0. The van der Waals surface area contributed by atoms with Crippen LogP contribution in [0.1, 0.15) is 26.7 Å². The number of hydrogen-bond donors (Lipinski definition) is 2. The molecule has 86 valence electrons. The summed E-state index contributed by atoms with van der Waals surface area (Å²) < 4.78 is 4.99. The van der Waals surface area contributed by atoms with Crippen LogP contribution in [-0.4, -0.2) is 34.4 Å². The van der Waals surface area contributed by atoms with Crippen molar-refractivity contribution in [1.82, 2.24) is 0 Å². The minimum atomic E-state index is -0.946. The molecule has 1 aliphatic carbocycles. The first-order valence-corrected chi connectivity index (χ1v) is 5.00. The van der Waals surface area contributed by atoms with Crippen molar-refractivity contribution in [2.75, 3.05) is 0 Å². The van der Waals surface area contributed by atoms with Gasteiger partial charge in [-0.2, -0.15) is 0 Å². The van der Waals surface area contributed by atoms with Crippen molar-refractivity contribution >= 4 is 11.9 Å². The molecular weight excluding hydrogens is 200 g/mol. The number of carboxylic acids is 1. The molecule has 4 atom stereocenters. The Morgan fingerprint density at radius 3 is 2.40 bits per heavy atom. The third kappa shape index (κ3) is 2.92. The SMILES string of the molecule is CC(=O)O[C@@H]1C[C@@H](C(=O)O)C[C@H](O)[C@H]1C. The predicted octanol–water partition coefficient (Wildman–Crippen LogP) is 0.410. The largest absolute Gasteiger partial charge is 0.481 e. The lowest BCUT2D eigenvalue weighted by Crippen LogP contribution is -2.42. The molecule has 0 unspecified atom stereocenters. The molecule has 5 nitrogen and oxygen atoms in total. The van der Waals surface area contributed by atoms with E-state index in [4.69, 9.17) is 9.84 Å². The summed E-state index contributed by atoms with van der Waals surface area (Å²) in [6.45, 7) is 3.04. The number of esters is 1. The second-order valence-electron chi connectivity index (χ2n) is 4.08. The first-order chi connectivity index (χ1) is 6.91. The minimum Gasteiger partial charge on any atom is -0.481 e. The molecule has 0 aliphatic heterocycles. The van der Waals surface area contributed by atoms with E-state index >= 15 is 0 Å². The Kier molecular flexibility index (Phi) is 3.68. The molecule has 0 bridgehead atoms. The molecule has 1 rings (SSSR count). The summed E-state index contributed by atoms with van der Waals surface area (Å²) in [7, 11) is 0. The fraction of sp³-hybridized carbons (Fsp3) is 0.800. The van der Waals surface area contributed by atoms with Crippen LogP contribution in [0.15, 0.2) is 0 Å². The van der Waals surface area contributed by atoms with Gasteiger partial charge < -0.3 is 14.9 Å². The van der Waals surface area contributed by atoms with Crippen molar-refractivity contribution in [2.24, 2.45) is 11.8 Å². The molecule has 0 radical (unpaired) electrons. The lowest BCUT2D eigenvalue weighted by atomic mass is 9.78. The van der Waals surface area contributed by atoms with E-state index < -0.39 is 30.1 Å².